The predicted octanol–water partition coefficient (Wildman–Crippen LogP) is 2.54. The largest absolute Gasteiger partial charge is 0.480 e. The summed E-state index contributed by atoms with van der Waals surface area (Å²) in [5.74, 6) is -0.599. The summed E-state index contributed by atoms with van der Waals surface area (Å²) in [6.07, 6.45) is 2.35. The van der Waals surface area contributed by atoms with Gasteiger partial charge in [0.15, 0.2) is 0 Å². The van der Waals surface area contributed by atoms with Crippen LogP contribution in [0.25, 0.3) is 0 Å². The van der Waals surface area contributed by atoms with E-state index in [9.17, 15) is 9.59 Å². The number of rotatable bonds is 8. The van der Waals surface area contributed by atoms with Gasteiger partial charge in [-0.2, -0.15) is 0 Å². The molecular weight excluding hydrogens is 272 g/mol. The molecule has 0 saturated carbocycles. The second-order valence-electron chi connectivity index (χ2n) is 5.44. The minimum absolute atomic E-state index is 0.0585. The number of aryl methyl sites for hydroxylation is 2. The third-order valence-corrected chi connectivity index (χ3v) is 3.55. The second-order valence-corrected chi connectivity index (χ2v) is 5.44. The summed E-state index contributed by atoms with van der Waals surface area (Å²) >= 11 is 0. The Morgan fingerprint density at radius 2 is 2.05 bits per heavy atom. The smallest absolute Gasteiger partial charge is 0.326 e. The molecule has 1 rings (SSSR count). The van der Waals surface area contributed by atoms with Crippen molar-refractivity contribution in [2.75, 3.05) is 0 Å². The fourth-order valence-electron chi connectivity index (χ4n) is 2.49. The topological polar surface area (TPSA) is 92.4 Å². The van der Waals surface area contributed by atoms with Crippen LogP contribution in [-0.2, 0) is 9.59 Å². The molecule has 0 fully saturated rings. The number of hydrogen-bond donors (Lipinski definition) is 2. The van der Waals surface area contributed by atoms with Crippen molar-refractivity contribution in [3.05, 3.63) is 17.0 Å². The molecule has 2 atom stereocenters. The van der Waals surface area contributed by atoms with E-state index in [1.54, 1.807) is 0 Å². The summed E-state index contributed by atoms with van der Waals surface area (Å²) in [4.78, 5) is 23.1. The zero-order valence-electron chi connectivity index (χ0n) is 13.1. The number of carboxylic acid groups (broad SMARTS) is 1. The SMILES string of the molecule is CCCCC(NC(=O)CC(C)c1c(C)noc1C)C(=O)O. The highest BCUT2D eigenvalue weighted by atomic mass is 16.5. The van der Waals surface area contributed by atoms with Gasteiger partial charge < -0.3 is 14.9 Å². The van der Waals surface area contributed by atoms with Gasteiger partial charge in [-0.1, -0.05) is 31.8 Å². The van der Waals surface area contributed by atoms with E-state index in [0.717, 1.165) is 24.1 Å². The molecule has 0 saturated heterocycles. The van der Waals surface area contributed by atoms with Crippen LogP contribution in [-0.4, -0.2) is 28.2 Å². The van der Waals surface area contributed by atoms with Crippen LogP contribution in [0.5, 0.6) is 0 Å². The average Bonchev–Trinajstić information content (AvgIpc) is 2.73. The normalized spacial score (nSPS) is 13.7. The number of carboxylic acids is 1. The van der Waals surface area contributed by atoms with E-state index in [1.807, 2.05) is 27.7 Å². The van der Waals surface area contributed by atoms with Crippen molar-refractivity contribution in [3.63, 3.8) is 0 Å². The number of carbonyl (C=O) groups is 2. The molecule has 118 valence electrons. The summed E-state index contributed by atoms with van der Waals surface area (Å²) in [6.45, 7) is 7.54. The van der Waals surface area contributed by atoms with Gasteiger partial charge in [0, 0.05) is 12.0 Å². The van der Waals surface area contributed by atoms with E-state index in [4.69, 9.17) is 9.63 Å². The molecule has 0 aliphatic carbocycles. The number of carbonyl (C=O) groups excluding carboxylic acids is 1. The lowest BCUT2D eigenvalue weighted by Gasteiger charge is -2.16. The standard InChI is InChI=1S/C15H24N2O4/c1-5-6-7-12(15(19)20)16-13(18)8-9(2)14-10(3)17-21-11(14)4/h9,12H,5-8H2,1-4H3,(H,16,18)(H,19,20). The Labute approximate surface area is 124 Å². The van der Waals surface area contributed by atoms with E-state index in [2.05, 4.69) is 10.5 Å². The first kappa shape index (κ1) is 17.2. The lowest BCUT2D eigenvalue weighted by Crippen LogP contribution is -2.41. The average molecular weight is 296 g/mol. The number of aromatic nitrogens is 1. The molecule has 2 N–H and O–H groups in total. The van der Waals surface area contributed by atoms with Crippen LogP contribution in [0.1, 0.15) is 62.5 Å². The zero-order chi connectivity index (χ0) is 16.0. The highest BCUT2D eigenvalue weighted by molar-refractivity contribution is 5.83. The molecule has 1 amide bonds. The quantitative estimate of drug-likeness (QED) is 0.769. The Hall–Kier alpha value is -1.85. The van der Waals surface area contributed by atoms with E-state index in [1.165, 1.54) is 0 Å². The maximum absolute atomic E-state index is 12.0. The summed E-state index contributed by atoms with van der Waals surface area (Å²) in [5, 5.41) is 15.6. The van der Waals surface area contributed by atoms with Crippen LogP contribution in [0.4, 0.5) is 0 Å². The first-order valence-electron chi connectivity index (χ1n) is 7.31. The number of unbranched alkanes of at least 4 members (excludes halogenated alkanes) is 1. The highest BCUT2D eigenvalue weighted by Gasteiger charge is 2.23. The van der Waals surface area contributed by atoms with E-state index in [-0.39, 0.29) is 18.2 Å². The minimum Gasteiger partial charge on any atom is -0.480 e. The molecule has 0 spiro atoms. The highest BCUT2D eigenvalue weighted by Crippen LogP contribution is 2.25. The molecule has 0 aliphatic heterocycles. The number of nitrogens with zero attached hydrogens (tertiary/aromatic N) is 1. The third-order valence-electron chi connectivity index (χ3n) is 3.55. The molecular formula is C15H24N2O4. The third kappa shape index (κ3) is 4.88. The van der Waals surface area contributed by atoms with Gasteiger partial charge in [-0.25, -0.2) is 4.79 Å². The summed E-state index contributed by atoms with van der Waals surface area (Å²) < 4.78 is 5.09. The monoisotopic (exact) mass is 296 g/mol. The van der Waals surface area contributed by atoms with Crippen molar-refractivity contribution in [1.82, 2.24) is 10.5 Å². The molecule has 1 heterocycles. The van der Waals surface area contributed by atoms with Crippen molar-refractivity contribution in [3.8, 4) is 0 Å². The Morgan fingerprint density at radius 3 is 2.52 bits per heavy atom. The van der Waals surface area contributed by atoms with E-state index in [0.29, 0.717) is 12.2 Å². The van der Waals surface area contributed by atoms with Gasteiger partial charge in [-0.05, 0) is 26.2 Å². The van der Waals surface area contributed by atoms with E-state index >= 15 is 0 Å². The van der Waals surface area contributed by atoms with Gasteiger partial charge in [0.1, 0.15) is 11.8 Å². The van der Waals surface area contributed by atoms with Gasteiger partial charge in [0.05, 0.1) is 5.69 Å². The second kappa shape index (κ2) is 7.81. The molecule has 1 aromatic heterocycles. The van der Waals surface area contributed by atoms with Crippen molar-refractivity contribution >= 4 is 11.9 Å². The van der Waals surface area contributed by atoms with Gasteiger partial charge in [0.25, 0.3) is 0 Å². The molecule has 1 aromatic rings. The predicted molar refractivity (Wildman–Crippen MR) is 78.1 cm³/mol. The van der Waals surface area contributed by atoms with Crippen LogP contribution in [0.3, 0.4) is 0 Å². The lowest BCUT2D eigenvalue weighted by atomic mass is 9.95. The van der Waals surface area contributed by atoms with E-state index < -0.39 is 12.0 Å². The first-order valence-corrected chi connectivity index (χ1v) is 7.31. The molecule has 6 heteroatoms. The molecule has 0 radical (unpaired) electrons. The van der Waals surface area contributed by atoms with Crippen molar-refractivity contribution in [2.24, 2.45) is 0 Å². The molecule has 21 heavy (non-hydrogen) atoms. The summed E-state index contributed by atoms with van der Waals surface area (Å²) in [5.41, 5.74) is 1.69. The summed E-state index contributed by atoms with van der Waals surface area (Å²) in [7, 11) is 0. The van der Waals surface area contributed by atoms with Crippen LogP contribution in [0, 0.1) is 13.8 Å². The van der Waals surface area contributed by atoms with Crippen LogP contribution >= 0.6 is 0 Å². The number of hydrogen-bond acceptors (Lipinski definition) is 4. The molecule has 2 unspecified atom stereocenters. The van der Waals surface area contributed by atoms with Gasteiger partial charge in [-0.15, -0.1) is 0 Å². The molecule has 0 bridgehead atoms. The number of aliphatic carboxylic acids is 1. The fraction of sp³-hybridized carbons (Fsp3) is 0.667. The van der Waals surface area contributed by atoms with Crippen molar-refractivity contribution < 1.29 is 19.2 Å². The lowest BCUT2D eigenvalue weighted by molar-refractivity contribution is -0.142. The Bertz CT molecular complexity index is 476. The number of amides is 1. The Morgan fingerprint density at radius 1 is 1.38 bits per heavy atom. The van der Waals surface area contributed by atoms with Gasteiger partial charge in [-0.3, -0.25) is 4.79 Å². The van der Waals surface area contributed by atoms with Crippen LogP contribution < -0.4 is 5.32 Å². The van der Waals surface area contributed by atoms with Crippen LogP contribution in [0.2, 0.25) is 0 Å². The van der Waals surface area contributed by atoms with Crippen molar-refractivity contribution in [2.45, 2.75) is 65.3 Å². The van der Waals surface area contributed by atoms with Crippen LogP contribution in [0.15, 0.2) is 4.52 Å². The zero-order valence-corrected chi connectivity index (χ0v) is 13.1. The first-order chi connectivity index (χ1) is 9.86. The molecule has 6 nitrogen and oxygen atoms in total. The summed E-state index contributed by atoms with van der Waals surface area (Å²) in [6, 6.07) is -0.811. The molecule has 0 aliphatic rings. The Kier molecular flexibility index (Phi) is 6.39. The number of nitrogens with one attached hydrogen (secondary N) is 1. The van der Waals surface area contributed by atoms with Gasteiger partial charge >= 0.3 is 5.97 Å². The maximum Gasteiger partial charge on any atom is 0.326 e. The van der Waals surface area contributed by atoms with Crippen molar-refractivity contribution in [1.29, 1.82) is 0 Å². The molecule has 0 aromatic carbocycles. The maximum atomic E-state index is 12.0. The fourth-order valence-corrected chi connectivity index (χ4v) is 2.49. The van der Waals surface area contributed by atoms with Gasteiger partial charge in [0.2, 0.25) is 5.91 Å². The minimum atomic E-state index is -0.984. The Balaban J connectivity index is 2.61.